The Bertz CT molecular complexity index is 963. The molecule has 0 fully saturated rings. The minimum Gasteiger partial charge on any atom is -0.480 e. The third kappa shape index (κ3) is 6.05. The summed E-state index contributed by atoms with van der Waals surface area (Å²) < 4.78 is 10.2. The Morgan fingerprint density at radius 2 is 1.44 bits per heavy atom. The predicted molar refractivity (Wildman–Crippen MR) is 113 cm³/mol. The van der Waals surface area contributed by atoms with Crippen molar-refractivity contribution in [2.24, 2.45) is 0 Å². The van der Waals surface area contributed by atoms with Gasteiger partial charge in [-0.15, -0.1) is 0 Å². The van der Waals surface area contributed by atoms with Crippen LogP contribution in [0.3, 0.4) is 0 Å². The number of carboxylic acid groups (broad SMARTS) is 1. The van der Waals surface area contributed by atoms with Gasteiger partial charge < -0.3 is 30.5 Å². The summed E-state index contributed by atoms with van der Waals surface area (Å²) >= 11 is 0. The van der Waals surface area contributed by atoms with E-state index in [9.17, 15) is 19.2 Å². The molecule has 3 rings (SSSR count). The Labute approximate surface area is 183 Å². The molecule has 0 unspecified atom stereocenters. The molecule has 10 heteroatoms. The number of alkyl carbamates (subject to hydrolysis) is 1. The highest BCUT2D eigenvalue weighted by atomic mass is 16.5. The van der Waals surface area contributed by atoms with Crippen LogP contribution in [0.2, 0.25) is 0 Å². The van der Waals surface area contributed by atoms with Crippen molar-refractivity contribution in [2.45, 2.75) is 5.92 Å². The quantitative estimate of drug-likeness (QED) is 0.316. The van der Waals surface area contributed by atoms with Gasteiger partial charge in [-0.1, -0.05) is 48.5 Å². The number of aliphatic carboxylic acids is 1. The first-order chi connectivity index (χ1) is 15.5. The average molecular weight is 441 g/mol. The lowest BCUT2D eigenvalue weighted by molar-refractivity contribution is -0.138. The number of benzene rings is 2. The number of carboxylic acids is 1. The van der Waals surface area contributed by atoms with Crippen LogP contribution in [0.15, 0.2) is 48.5 Å². The van der Waals surface area contributed by atoms with Gasteiger partial charge in [-0.2, -0.15) is 0 Å². The van der Waals surface area contributed by atoms with Gasteiger partial charge in [-0.3, -0.25) is 14.4 Å². The van der Waals surface area contributed by atoms with Crippen molar-refractivity contribution < 1.29 is 33.8 Å². The van der Waals surface area contributed by atoms with Gasteiger partial charge in [0, 0.05) is 5.92 Å². The van der Waals surface area contributed by atoms with Gasteiger partial charge in [0.25, 0.3) is 0 Å². The normalized spacial score (nSPS) is 11.8. The Morgan fingerprint density at radius 3 is 2.06 bits per heavy atom. The van der Waals surface area contributed by atoms with Crippen LogP contribution >= 0.6 is 0 Å². The zero-order chi connectivity index (χ0) is 22.9. The maximum absolute atomic E-state index is 12.0. The van der Waals surface area contributed by atoms with Crippen LogP contribution in [0, 0.1) is 0 Å². The molecule has 4 N–H and O–H groups in total. The topological polar surface area (TPSA) is 143 Å². The highest BCUT2D eigenvalue weighted by Crippen LogP contribution is 2.44. The number of amides is 3. The molecule has 0 heterocycles. The molecule has 1 aliphatic carbocycles. The van der Waals surface area contributed by atoms with Gasteiger partial charge in [0.05, 0.1) is 0 Å². The van der Waals surface area contributed by atoms with Crippen LogP contribution in [0.5, 0.6) is 0 Å². The van der Waals surface area contributed by atoms with Crippen molar-refractivity contribution in [1.82, 2.24) is 16.0 Å². The minimum absolute atomic E-state index is 0.0809. The van der Waals surface area contributed by atoms with Crippen molar-refractivity contribution in [3.05, 3.63) is 59.7 Å². The molecule has 0 atom stereocenters. The van der Waals surface area contributed by atoms with E-state index in [1.54, 1.807) is 0 Å². The molecule has 0 bridgehead atoms. The summed E-state index contributed by atoms with van der Waals surface area (Å²) in [5.41, 5.74) is 4.41. The Kier molecular flexibility index (Phi) is 7.76. The van der Waals surface area contributed by atoms with Gasteiger partial charge in [-0.25, -0.2) is 4.79 Å². The van der Waals surface area contributed by atoms with Gasteiger partial charge >= 0.3 is 12.1 Å². The molecule has 2 aromatic rings. The standard InChI is InChI=1S/C22H23N3O7/c26-19(25-13-31-12-20(27)23-10-21(28)29)9-24-22(30)32-11-18-16-7-3-1-5-14(16)15-6-2-4-8-17(15)18/h1-8,18H,9-13H2,(H,23,27)(H,24,30)(H,25,26)(H,28,29). The van der Waals surface area contributed by atoms with E-state index in [0.29, 0.717) is 0 Å². The number of carbonyl (C=O) groups excluding carboxylic acids is 3. The maximum Gasteiger partial charge on any atom is 0.407 e. The van der Waals surface area contributed by atoms with Crippen LogP contribution in [-0.4, -0.2) is 62.0 Å². The van der Waals surface area contributed by atoms with Crippen LogP contribution < -0.4 is 16.0 Å². The predicted octanol–water partition coefficient (Wildman–Crippen LogP) is 0.816. The van der Waals surface area contributed by atoms with Crippen LogP contribution in [0.4, 0.5) is 4.79 Å². The van der Waals surface area contributed by atoms with E-state index >= 15 is 0 Å². The molecule has 0 saturated heterocycles. The van der Waals surface area contributed by atoms with Crippen LogP contribution in [-0.2, 0) is 23.9 Å². The molecule has 0 aliphatic heterocycles. The molecular weight excluding hydrogens is 418 g/mol. The lowest BCUT2D eigenvalue weighted by atomic mass is 9.98. The number of hydrogen-bond donors (Lipinski definition) is 4. The van der Waals surface area contributed by atoms with E-state index in [2.05, 4.69) is 16.0 Å². The number of hydrogen-bond acceptors (Lipinski definition) is 6. The number of nitrogens with one attached hydrogen (secondary N) is 3. The fourth-order valence-corrected chi connectivity index (χ4v) is 3.36. The highest BCUT2D eigenvalue weighted by Gasteiger charge is 2.29. The molecule has 1 aliphatic rings. The zero-order valence-electron chi connectivity index (χ0n) is 17.1. The molecule has 168 valence electrons. The van der Waals surface area contributed by atoms with E-state index in [-0.39, 0.29) is 25.8 Å². The Morgan fingerprint density at radius 1 is 0.812 bits per heavy atom. The molecule has 0 saturated carbocycles. The van der Waals surface area contributed by atoms with E-state index < -0.39 is 37.0 Å². The molecule has 0 aromatic heterocycles. The highest BCUT2D eigenvalue weighted by molar-refractivity contribution is 5.83. The maximum atomic E-state index is 12.0. The van der Waals surface area contributed by atoms with Gasteiger partial charge in [0.15, 0.2) is 0 Å². The van der Waals surface area contributed by atoms with Gasteiger partial charge in [0.1, 0.15) is 33.0 Å². The monoisotopic (exact) mass is 441 g/mol. The van der Waals surface area contributed by atoms with Crippen molar-refractivity contribution in [3.63, 3.8) is 0 Å². The lowest BCUT2D eigenvalue weighted by Crippen LogP contribution is -2.39. The Balaban J connectivity index is 1.36. The second-order valence-electron chi connectivity index (χ2n) is 6.94. The molecule has 0 spiro atoms. The van der Waals surface area contributed by atoms with Gasteiger partial charge in [0.2, 0.25) is 11.8 Å². The smallest absolute Gasteiger partial charge is 0.407 e. The molecule has 3 amide bonds. The Hall–Kier alpha value is -3.92. The SMILES string of the molecule is O=C(O)CNC(=O)COCNC(=O)CNC(=O)OCC1c2ccccc2-c2ccccc21. The molecule has 32 heavy (non-hydrogen) atoms. The second-order valence-corrected chi connectivity index (χ2v) is 6.94. The third-order valence-corrected chi connectivity index (χ3v) is 4.78. The van der Waals surface area contributed by atoms with E-state index in [4.69, 9.17) is 14.6 Å². The van der Waals surface area contributed by atoms with Crippen molar-refractivity contribution in [2.75, 3.05) is 33.0 Å². The molecule has 10 nitrogen and oxygen atoms in total. The van der Waals surface area contributed by atoms with Gasteiger partial charge in [-0.05, 0) is 22.3 Å². The van der Waals surface area contributed by atoms with Crippen LogP contribution in [0.25, 0.3) is 11.1 Å². The lowest BCUT2D eigenvalue weighted by Gasteiger charge is -2.14. The minimum atomic E-state index is -1.18. The molecule has 0 radical (unpaired) electrons. The number of ether oxygens (including phenoxy) is 2. The fraction of sp³-hybridized carbons (Fsp3) is 0.273. The zero-order valence-corrected chi connectivity index (χ0v) is 17.1. The second kappa shape index (κ2) is 10.9. The largest absolute Gasteiger partial charge is 0.480 e. The third-order valence-electron chi connectivity index (χ3n) is 4.78. The van der Waals surface area contributed by atoms with Crippen LogP contribution in [0.1, 0.15) is 17.0 Å². The summed E-state index contributed by atoms with van der Waals surface area (Å²) in [5, 5.41) is 15.3. The first-order valence-corrected chi connectivity index (χ1v) is 9.87. The summed E-state index contributed by atoms with van der Waals surface area (Å²) in [4.78, 5) is 45.4. The summed E-state index contributed by atoms with van der Waals surface area (Å²) in [5.74, 6) is -2.42. The number of rotatable bonds is 10. The summed E-state index contributed by atoms with van der Waals surface area (Å²) in [6.07, 6.45) is -0.726. The van der Waals surface area contributed by atoms with Crippen molar-refractivity contribution >= 4 is 23.9 Å². The van der Waals surface area contributed by atoms with E-state index in [0.717, 1.165) is 22.3 Å². The molecular formula is C22H23N3O7. The first kappa shape index (κ1) is 22.8. The van der Waals surface area contributed by atoms with E-state index in [1.807, 2.05) is 48.5 Å². The fourth-order valence-electron chi connectivity index (χ4n) is 3.36. The average Bonchev–Trinajstić information content (AvgIpc) is 3.11. The van der Waals surface area contributed by atoms with E-state index in [1.165, 1.54) is 0 Å². The summed E-state index contributed by atoms with van der Waals surface area (Å²) in [6.45, 7) is -1.39. The number of carbonyl (C=O) groups is 4. The summed E-state index contributed by atoms with van der Waals surface area (Å²) in [7, 11) is 0. The summed E-state index contributed by atoms with van der Waals surface area (Å²) in [6, 6.07) is 15.9. The first-order valence-electron chi connectivity index (χ1n) is 9.87. The van der Waals surface area contributed by atoms with Crippen molar-refractivity contribution in [1.29, 1.82) is 0 Å². The molecule has 2 aromatic carbocycles. The number of fused-ring (bicyclic) bond motifs is 3. The van der Waals surface area contributed by atoms with Crippen molar-refractivity contribution in [3.8, 4) is 11.1 Å².